The van der Waals surface area contributed by atoms with Crippen molar-refractivity contribution in [1.29, 1.82) is 0 Å². The maximum absolute atomic E-state index is 12.3. The molecule has 4 heteroatoms. The summed E-state index contributed by atoms with van der Waals surface area (Å²) in [4.78, 5) is 18.0. The van der Waals surface area contributed by atoms with Crippen molar-refractivity contribution in [2.75, 3.05) is 0 Å². The number of nitrogens with zero attached hydrogens (tertiary/aromatic N) is 2. The number of aliphatic imine (C=N–C) groups is 1. The Kier molecular flexibility index (Phi) is 3.02. The topological polar surface area (TPSA) is 58.7 Å². The van der Waals surface area contributed by atoms with E-state index < -0.39 is 5.54 Å². The predicted molar refractivity (Wildman–Crippen MR) is 82.9 cm³/mol. The average molecular weight is 281 g/mol. The Labute approximate surface area is 125 Å². The molecular weight excluding hydrogens is 262 g/mol. The van der Waals surface area contributed by atoms with Crippen LogP contribution in [0.1, 0.15) is 43.7 Å². The summed E-state index contributed by atoms with van der Waals surface area (Å²) in [7, 11) is 0. The summed E-state index contributed by atoms with van der Waals surface area (Å²) in [5, 5.41) is 0. The Morgan fingerprint density at radius 1 is 1.52 bits per heavy atom. The van der Waals surface area contributed by atoms with Gasteiger partial charge in [0.05, 0.1) is 6.04 Å². The maximum Gasteiger partial charge on any atom is 0.347 e. The molecule has 0 saturated heterocycles. The quantitative estimate of drug-likeness (QED) is 0.804. The smallest absolute Gasteiger partial charge is 0.347 e. The van der Waals surface area contributed by atoms with E-state index in [4.69, 9.17) is 12.2 Å². The van der Waals surface area contributed by atoms with Crippen molar-refractivity contribution in [2.45, 2.75) is 44.2 Å². The Balaban J connectivity index is 2.24. The molecule has 1 spiro atoms. The number of terminal acetylenes is 1. The zero-order valence-corrected chi connectivity index (χ0v) is 12.3. The lowest BCUT2D eigenvalue weighted by molar-refractivity contribution is 0.143. The van der Waals surface area contributed by atoms with E-state index in [9.17, 15) is 4.79 Å². The maximum atomic E-state index is 12.3. The number of urea groups is 1. The number of hydrogen-bond donors (Lipinski definition) is 1. The molecule has 0 saturated carbocycles. The first-order valence-corrected chi connectivity index (χ1v) is 7.26. The van der Waals surface area contributed by atoms with Crippen molar-refractivity contribution < 1.29 is 4.79 Å². The lowest BCUT2D eigenvalue weighted by Gasteiger charge is -2.45. The monoisotopic (exact) mass is 281 g/mol. The van der Waals surface area contributed by atoms with Crippen molar-refractivity contribution >= 4 is 11.9 Å². The first-order valence-electron chi connectivity index (χ1n) is 7.26. The van der Waals surface area contributed by atoms with E-state index in [1.807, 2.05) is 25.1 Å². The predicted octanol–water partition coefficient (Wildman–Crippen LogP) is 2.59. The number of nitrogens with two attached hydrogens (primary N) is 1. The Bertz CT molecular complexity index is 673. The molecule has 3 atom stereocenters. The van der Waals surface area contributed by atoms with E-state index in [0.29, 0.717) is 11.8 Å². The normalized spacial score (nSPS) is 29.0. The standard InChI is InChI=1S/C17H19N3O/c1-4-12(3)20-16(21)19-15(18)17(20)10-9-11(2)13-7-5-6-8-14(13)17/h1,5-8,11-12H,9-10H2,2-3H3,(H2,18,19,21). The Morgan fingerprint density at radius 2 is 2.24 bits per heavy atom. The summed E-state index contributed by atoms with van der Waals surface area (Å²) in [5.41, 5.74) is 7.82. The molecule has 108 valence electrons. The molecule has 21 heavy (non-hydrogen) atoms. The molecule has 4 nitrogen and oxygen atoms in total. The first kappa shape index (κ1) is 13.7. The largest absolute Gasteiger partial charge is 0.385 e. The minimum absolute atomic E-state index is 0.331. The highest BCUT2D eigenvalue weighted by Crippen LogP contribution is 2.48. The SMILES string of the molecule is C#CC(C)N1C(=O)N=C(N)C12CCC(C)c1ccccc12. The van der Waals surface area contributed by atoms with Crippen LogP contribution in [-0.2, 0) is 5.54 Å². The van der Waals surface area contributed by atoms with Gasteiger partial charge in [0.15, 0.2) is 0 Å². The molecule has 2 aliphatic rings. The third-order valence-corrected chi connectivity index (χ3v) is 4.76. The summed E-state index contributed by atoms with van der Waals surface area (Å²) >= 11 is 0. The molecule has 2 N–H and O–H groups in total. The fourth-order valence-electron chi connectivity index (χ4n) is 3.64. The highest BCUT2D eigenvalue weighted by atomic mass is 16.2. The van der Waals surface area contributed by atoms with Crippen LogP contribution in [0.25, 0.3) is 0 Å². The molecule has 1 aliphatic carbocycles. The summed E-state index contributed by atoms with van der Waals surface area (Å²) in [6.45, 7) is 4.04. The molecule has 3 rings (SSSR count). The molecule has 0 aromatic heterocycles. The van der Waals surface area contributed by atoms with Crippen molar-refractivity contribution in [3.63, 3.8) is 0 Å². The van der Waals surface area contributed by atoms with Crippen LogP contribution in [0.3, 0.4) is 0 Å². The van der Waals surface area contributed by atoms with Gasteiger partial charge in [0.2, 0.25) is 0 Å². The van der Waals surface area contributed by atoms with Crippen molar-refractivity contribution in [3.05, 3.63) is 35.4 Å². The zero-order valence-electron chi connectivity index (χ0n) is 12.3. The highest BCUT2D eigenvalue weighted by Gasteiger charge is 2.53. The minimum atomic E-state index is -0.675. The van der Waals surface area contributed by atoms with E-state index in [1.165, 1.54) is 5.56 Å². The van der Waals surface area contributed by atoms with E-state index in [1.54, 1.807) is 4.90 Å². The Hall–Kier alpha value is -2.28. The second kappa shape index (κ2) is 4.63. The van der Waals surface area contributed by atoms with E-state index in [0.717, 1.165) is 18.4 Å². The van der Waals surface area contributed by atoms with Gasteiger partial charge in [-0.1, -0.05) is 37.1 Å². The van der Waals surface area contributed by atoms with Gasteiger partial charge in [-0.2, -0.15) is 4.99 Å². The molecule has 1 aliphatic heterocycles. The second-order valence-corrected chi connectivity index (χ2v) is 5.88. The first-order chi connectivity index (χ1) is 10.0. The van der Waals surface area contributed by atoms with Crippen molar-refractivity contribution in [3.8, 4) is 12.3 Å². The number of benzene rings is 1. The van der Waals surface area contributed by atoms with E-state index >= 15 is 0 Å². The number of rotatable bonds is 1. The average Bonchev–Trinajstić information content (AvgIpc) is 2.74. The van der Waals surface area contributed by atoms with Crippen LogP contribution in [0.4, 0.5) is 4.79 Å². The highest BCUT2D eigenvalue weighted by molar-refractivity contribution is 6.07. The number of carbonyl (C=O) groups excluding carboxylic acids is 1. The number of hydrogen-bond acceptors (Lipinski definition) is 2. The van der Waals surface area contributed by atoms with Gasteiger partial charge in [-0.25, -0.2) is 4.79 Å². The molecule has 2 amide bonds. The molecule has 1 aromatic rings. The van der Waals surface area contributed by atoms with Gasteiger partial charge in [-0.3, -0.25) is 4.90 Å². The fraction of sp³-hybridized carbons (Fsp3) is 0.412. The van der Waals surface area contributed by atoms with E-state index in [-0.39, 0.29) is 12.1 Å². The fourth-order valence-corrected chi connectivity index (χ4v) is 3.64. The molecule has 1 aromatic carbocycles. The summed E-state index contributed by atoms with van der Waals surface area (Å²) in [6.07, 6.45) is 7.28. The number of amides is 2. The summed E-state index contributed by atoms with van der Waals surface area (Å²) in [5.74, 6) is 3.46. The molecule has 0 fully saturated rings. The molecular formula is C17H19N3O. The van der Waals surface area contributed by atoms with Gasteiger partial charge in [-0.05, 0) is 36.8 Å². The summed E-state index contributed by atoms with van der Waals surface area (Å²) in [6, 6.07) is 7.48. The summed E-state index contributed by atoms with van der Waals surface area (Å²) < 4.78 is 0. The van der Waals surface area contributed by atoms with Crippen LogP contribution in [0, 0.1) is 12.3 Å². The van der Waals surface area contributed by atoms with Crippen molar-refractivity contribution in [1.82, 2.24) is 4.90 Å². The third kappa shape index (κ3) is 1.70. The van der Waals surface area contributed by atoms with Gasteiger partial charge in [-0.15, -0.1) is 6.42 Å². The number of amidine groups is 1. The van der Waals surface area contributed by atoms with Crippen LogP contribution >= 0.6 is 0 Å². The van der Waals surface area contributed by atoms with Crippen LogP contribution < -0.4 is 5.73 Å². The van der Waals surface area contributed by atoms with Gasteiger partial charge in [0.1, 0.15) is 11.4 Å². The van der Waals surface area contributed by atoms with Gasteiger partial charge in [0.25, 0.3) is 0 Å². The second-order valence-electron chi connectivity index (χ2n) is 5.88. The molecule has 0 bridgehead atoms. The zero-order chi connectivity index (χ0) is 15.2. The van der Waals surface area contributed by atoms with Gasteiger partial charge in [0, 0.05) is 0 Å². The van der Waals surface area contributed by atoms with Crippen molar-refractivity contribution in [2.24, 2.45) is 10.7 Å². The molecule has 0 radical (unpaired) electrons. The van der Waals surface area contributed by atoms with Gasteiger partial charge < -0.3 is 5.73 Å². The number of fused-ring (bicyclic) bond motifs is 2. The molecule has 3 unspecified atom stereocenters. The Morgan fingerprint density at radius 3 is 2.95 bits per heavy atom. The lowest BCUT2D eigenvalue weighted by Crippen LogP contribution is -2.56. The van der Waals surface area contributed by atoms with Crippen LogP contribution in [-0.4, -0.2) is 22.8 Å². The van der Waals surface area contributed by atoms with Crippen LogP contribution in [0.2, 0.25) is 0 Å². The minimum Gasteiger partial charge on any atom is -0.385 e. The van der Waals surface area contributed by atoms with Crippen LogP contribution in [0.15, 0.2) is 29.3 Å². The molecule has 1 heterocycles. The lowest BCUT2D eigenvalue weighted by atomic mass is 9.71. The van der Waals surface area contributed by atoms with Crippen LogP contribution in [0.5, 0.6) is 0 Å². The van der Waals surface area contributed by atoms with Gasteiger partial charge >= 0.3 is 6.03 Å². The third-order valence-electron chi connectivity index (χ3n) is 4.76. The number of carbonyl (C=O) groups is 1. The van der Waals surface area contributed by atoms with E-state index in [2.05, 4.69) is 23.9 Å².